The van der Waals surface area contributed by atoms with E-state index < -0.39 is 19.9 Å². The zero-order valence-corrected chi connectivity index (χ0v) is 16.2. The van der Waals surface area contributed by atoms with E-state index in [4.69, 9.17) is 0 Å². The standard InChI is InChI=1S/C18H22N2O4S2/c1-25(21,22)16-7-9-17(10-8-16)26(23,24)19-12-4-13-20-14-11-15-5-2-3-6-18(15)20/h2-3,5-10,19H,4,11-14H2,1H3. The molecule has 0 spiro atoms. The maximum atomic E-state index is 12.3. The molecule has 0 saturated heterocycles. The van der Waals surface area contributed by atoms with Crippen molar-refractivity contribution in [2.24, 2.45) is 0 Å². The zero-order chi connectivity index (χ0) is 18.8. The molecule has 2 aromatic rings. The molecule has 1 N–H and O–H groups in total. The molecule has 0 atom stereocenters. The van der Waals surface area contributed by atoms with Crippen LogP contribution >= 0.6 is 0 Å². The SMILES string of the molecule is CS(=O)(=O)c1ccc(S(=O)(=O)NCCCN2CCc3ccccc32)cc1. The van der Waals surface area contributed by atoms with Gasteiger partial charge >= 0.3 is 0 Å². The Balaban J connectivity index is 1.54. The molecule has 0 saturated carbocycles. The number of sulfone groups is 1. The molecule has 6 nitrogen and oxygen atoms in total. The second kappa shape index (κ2) is 7.38. The molecule has 1 heterocycles. The van der Waals surface area contributed by atoms with Gasteiger partial charge in [-0.2, -0.15) is 0 Å². The topological polar surface area (TPSA) is 83.5 Å². The van der Waals surface area contributed by atoms with Crippen LogP contribution in [0, 0.1) is 0 Å². The molecule has 140 valence electrons. The van der Waals surface area contributed by atoms with Crippen LogP contribution in [0.3, 0.4) is 0 Å². The summed E-state index contributed by atoms with van der Waals surface area (Å²) in [4.78, 5) is 2.44. The van der Waals surface area contributed by atoms with E-state index in [0.717, 1.165) is 25.8 Å². The first-order chi connectivity index (χ1) is 12.3. The molecular weight excluding hydrogens is 372 g/mol. The molecule has 3 rings (SSSR count). The third kappa shape index (κ3) is 4.25. The number of rotatable bonds is 7. The van der Waals surface area contributed by atoms with Crippen molar-refractivity contribution >= 4 is 25.5 Å². The first-order valence-corrected chi connectivity index (χ1v) is 11.8. The number of benzene rings is 2. The van der Waals surface area contributed by atoms with Gasteiger partial charge < -0.3 is 4.90 Å². The van der Waals surface area contributed by atoms with E-state index in [1.165, 1.54) is 35.5 Å². The van der Waals surface area contributed by atoms with Gasteiger partial charge in [0.25, 0.3) is 0 Å². The Labute approximate surface area is 154 Å². The van der Waals surface area contributed by atoms with E-state index in [1.807, 2.05) is 12.1 Å². The average molecular weight is 395 g/mol. The quantitative estimate of drug-likeness (QED) is 0.724. The van der Waals surface area contributed by atoms with Crippen LogP contribution in [-0.2, 0) is 26.3 Å². The van der Waals surface area contributed by atoms with Crippen LogP contribution in [-0.4, -0.2) is 42.7 Å². The third-order valence-electron chi connectivity index (χ3n) is 4.44. The summed E-state index contributed by atoms with van der Waals surface area (Å²) in [5, 5.41) is 0. The number of anilines is 1. The number of para-hydroxylation sites is 1. The first kappa shape index (κ1) is 18.9. The van der Waals surface area contributed by atoms with Gasteiger partial charge in [-0.1, -0.05) is 18.2 Å². The average Bonchev–Trinajstić information content (AvgIpc) is 3.01. The van der Waals surface area contributed by atoms with Crippen molar-refractivity contribution < 1.29 is 16.8 Å². The Bertz CT molecular complexity index is 984. The summed E-state index contributed by atoms with van der Waals surface area (Å²) in [6, 6.07) is 13.5. The van der Waals surface area contributed by atoms with Gasteiger partial charge in [-0.05, 0) is 48.7 Å². The van der Waals surface area contributed by atoms with E-state index in [-0.39, 0.29) is 9.79 Å². The molecule has 1 aliphatic heterocycles. The number of nitrogens with one attached hydrogen (secondary N) is 1. The lowest BCUT2D eigenvalue weighted by atomic mass is 10.2. The summed E-state index contributed by atoms with van der Waals surface area (Å²) in [6.45, 7) is 2.07. The summed E-state index contributed by atoms with van der Waals surface area (Å²) in [5.41, 5.74) is 2.56. The summed E-state index contributed by atoms with van der Waals surface area (Å²) >= 11 is 0. The normalized spacial score (nSPS) is 14.4. The Morgan fingerprint density at radius 3 is 2.31 bits per heavy atom. The van der Waals surface area contributed by atoms with Gasteiger partial charge in [-0.15, -0.1) is 0 Å². The zero-order valence-electron chi connectivity index (χ0n) is 14.6. The number of sulfonamides is 1. The van der Waals surface area contributed by atoms with Gasteiger partial charge in [0.1, 0.15) is 0 Å². The van der Waals surface area contributed by atoms with E-state index in [0.29, 0.717) is 13.0 Å². The van der Waals surface area contributed by atoms with Gasteiger partial charge in [-0.3, -0.25) is 0 Å². The minimum absolute atomic E-state index is 0.0661. The van der Waals surface area contributed by atoms with Crippen molar-refractivity contribution in [2.75, 3.05) is 30.8 Å². The van der Waals surface area contributed by atoms with Crippen LogP contribution in [0.5, 0.6) is 0 Å². The minimum Gasteiger partial charge on any atom is -0.371 e. The van der Waals surface area contributed by atoms with E-state index in [1.54, 1.807) is 0 Å². The molecule has 0 aromatic heterocycles. The number of hydrogen-bond acceptors (Lipinski definition) is 5. The Morgan fingerprint density at radius 2 is 1.62 bits per heavy atom. The summed E-state index contributed by atoms with van der Waals surface area (Å²) in [6.07, 6.45) is 2.80. The molecule has 26 heavy (non-hydrogen) atoms. The van der Waals surface area contributed by atoms with Gasteiger partial charge in [0, 0.05) is 31.6 Å². The molecule has 8 heteroatoms. The maximum Gasteiger partial charge on any atom is 0.240 e. The minimum atomic E-state index is -3.64. The first-order valence-electron chi connectivity index (χ1n) is 8.40. The number of nitrogens with zero attached hydrogens (tertiary/aromatic N) is 1. The van der Waals surface area contributed by atoms with Gasteiger partial charge in [0.15, 0.2) is 9.84 Å². The molecule has 0 fully saturated rings. The highest BCUT2D eigenvalue weighted by Gasteiger charge is 2.18. The molecule has 1 aliphatic rings. The largest absolute Gasteiger partial charge is 0.371 e. The monoisotopic (exact) mass is 394 g/mol. The fourth-order valence-electron chi connectivity index (χ4n) is 3.06. The van der Waals surface area contributed by atoms with Crippen molar-refractivity contribution in [1.29, 1.82) is 0 Å². The number of fused-ring (bicyclic) bond motifs is 1. The van der Waals surface area contributed by atoms with Crippen LogP contribution in [0.1, 0.15) is 12.0 Å². The fraction of sp³-hybridized carbons (Fsp3) is 0.333. The van der Waals surface area contributed by atoms with Gasteiger partial charge in [0.2, 0.25) is 10.0 Å². The predicted octanol–water partition coefficient (Wildman–Crippen LogP) is 1.82. The second-order valence-electron chi connectivity index (χ2n) is 6.36. The van der Waals surface area contributed by atoms with Crippen LogP contribution in [0.2, 0.25) is 0 Å². The number of hydrogen-bond donors (Lipinski definition) is 1. The highest BCUT2D eigenvalue weighted by Crippen LogP contribution is 2.27. The lowest BCUT2D eigenvalue weighted by molar-refractivity contribution is 0.578. The van der Waals surface area contributed by atoms with Crippen molar-refractivity contribution in [3.8, 4) is 0 Å². The van der Waals surface area contributed by atoms with Crippen molar-refractivity contribution in [2.45, 2.75) is 22.6 Å². The van der Waals surface area contributed by atoms with Crippen LogP contribution in [0.25, 0.3) is 0 Å². The van der Waals surface area contributed by atoms with Gasteiger partial charge in [0.05, 0.1) is 9.79 Å². The molecule has 0 radical (unpaired) electrons. The maximum absolute atomic E-state index is 12.3. The van der Waals surface area contributed by atoms with Crippen LogP contribution in [0.4, 0.5) is 5.69 Å². The van der Waals surface area contributed by atoms with E-state index in [9.17, 15) is 16.8 Å². The Hall–Kier alpha value is -1.90. The van der Waals surface area contributed by atoms with Crippen LogP contribution < -0.4 is 9.62 Å². The molecule has 0 bridgehead atoms. The summed E-state index contributed by atoms with van der Waals surface area (Å²) in [7, 11) is -6.98. The van der Waals surface area contributed by atoms with Crippen molar-refractivity contribution in [1.82, 2.24) is 4.72 Å². The lowest BCUT2D eigenvalue weighted by Crippen LogP contribution is -2.29. The molecule has 0 aliphatic carbocycles. The smallest absolute Gasteiger partial charge is 0.240 e. The molecule has 2 aromatic carbocycles. The molecular formula is C18H22N2O4S2. The predicted molar refractivity (Wildman–Crippen MR) is 102 cm³/mol. The highest BCUT2D eigenvalue weighted by molar-refractivity contribution is 7.90. The third-order valence-corrected chi connectivity index (χ3v) is 7.05. The summed E-state index contributed by atoms with van der Waals surface area (Å²) < 4.78 is 50.1. The van der Waals surface area contributed by atoms with Gasteiger partial charge in [-0.25, -0.2) is 21.6 Å². The van der Waals surface area contributed by atoms with Crippen molar-refractivity contribution in [3.63, 3.8) is 0 Å². The molecule has 0 unspecified atom stereocenters. The Morgan fingerprint density at radius 1 is 0.962 bits per heavy atom. The van der Waals surface area contributed by atoms with Crippen molar-refractivity contribution in [3.05, 3.63) is 54.1 Å². The second-order valence-corrected chi connectivity index (χ2v) is 10.1. The fourth-order valence-corrected chi connectivity index (χ4v) is 4.77. The van der Waals surface area contributed by atoms with Crippen LogP contribution in [0.15, 0.2) is 58.3 Å². The lowest BCUT2D eigenvalue weighted by Gasteiger charge is -2.19. The summed E-state index contributed by atoms with van der Waals surface area (Å²) in [5.74, 6) is 0. The Kier molecular flexibility index (Phi) is 5.36. The highest BCUT2D eigenvalue weighted by atomic mass is 32.2. The van der Waals surface area contributed by atoms with E-state index in [2.05, 4.69) is 21.8 Å². The molecule has 0 amide bonds. The van der Waals surface area contributed by atoms with E-state index >= 15 is 0 Å².